The fourth-order valence-corrected chi connectivity index (χ4v) is 4.25. The molecule has 0 radical (unpaired) electrons. The van der Waals surface area contributed by atoms with E-state index in [4.69, 9.17) is 5.73 Å². The van der Waals surface area contributed by atoms with Crippen molar-refractivity contribution < 1.29 is 14.0 Å². The molecule has 5 heterocycles. The number of halogens is 1. The van der Waals surface area contributed by atoms with Crippen LogP contribution < -0.4 is 16.0 Å². The first kappa shape index (κ1) is 20.2. The van der Waals surface area contributed by atoms with Gasteiger partial charge in [0, 0.05) is 38.3 Å². The molecular weight excluding hydrogens is 415 g/mol. The normalized spacial score (nSPS) is 16.8. The fourth-order valence-electron chi connectivity index (χ4n) is 4.25. The Morgan fingerprint density at radius 2 is 1.94 bits per heavy atom. The lowest BCUT2D eigenvalue weighted by Gasteiger charge is -2.38. The monoisotopic (exact) mass is 438 g/mol. The molecule has 11 heteroatoms. The largest absolute Gasteiger partial charge is 0.381 e. The van der Waals surface area contributed by atoms with Crippen LogP contribution in [0, 0.1) is 11.7 Å². The summed E-state index contributed by atoms with van der Waals surface area (Å²) < 4.78 is 14.6. The zero-order valence-corrected chi connectivity index (χ0v) is 17.4. The number of nitrogens with zero attached hydrogens (tertiary/aromatic N) is 6. The van der Waals surface area contributed by atoms with E-state index in [2.05, 4.69) is 25.3 Å². The van der Waals surface area contributed by atoms with Gasteiger partial charge in [0.2, 0.25) is 5.91 Å². The third-order valence-corrected chi connectivity index (χ3v) is 6.09. The van der Waals surface area contributed by atoms with Crippen LogP contribution in [0.2, 0.25) is 0 Å². The molecule has 32 heavy (non-hydrogen) atoms. The Morgan fingerprint density at radius 1 is 1.16 bits per heavy atom. The molecule has 2 aliphatic rings. The average Bonchev–Trinajstić information content (AvgIpc) is 3.08. The van der Waals surface area contributed by atoms with Gasteiger partial charge in [-0.05, 0) is 25.3 Å². The number of hydrogen-bond donors (Lipinski definition) is 2. The van der Waals surface area contributed by atoms with Crippen molar-refractivity contribution in [1.29, 1.82) is 0 Å². The maximum atomic E-state index is 13.4. The van der Waals surface area contributed by atoms with Gasteiger partial charge in [0.05, 0.1) is 30.0 Å². The van der Waals surface area contributed by atoms with Crippen molar-refractivity contribution in [3.63, 3.8) is 0 Å². The average molecular weight is 438 g/mol. The van der Waals surface area contributed by atoms with Gasteiger partial charge in [0.15, 0.2) is 17.3 Å². The van der Waals surface area contributed by atoms with E-state index in [9.17, 15) is 14.0 Å². The lowest BCUT2D eigenvalue weighted by atomic mass is 9.93. The second-order valence-electron chi connectivity index (χ2n) is 8.09. The molecule has 0 atom stereocenters. The van der Waals surface area contributed by atoms with E-state index in [1.807, 2.05) is 11.0 Å². The minimum absolute atomic E-state index is 0.0450. The number of nitrogens with two attached hydrogens (primary N) is 1. The minimum atomic E-state index is -0.586. The molecular formula is C21H23FN8O2. The van der Waals surface area contributed by atoms with Crippen LogP contribution in [-0.2, 0) is 4.79 Å². The molecule has 2 aliphatic heterocycles. The van der Waals surface area contributed by atoms with Gasteiger partial charge in [-0.1, -0.05) is 0 Å². The van der Waals surface area contributed by atoms with Gasteiger partial charge in [-0.25, -0.2) is 13.9 Å². The number of pyridine rings is 1. The van der Waals surface area contributed by atoms with E-state index >= 15 is 0 Å². The highest BCUT2D eigenvalue weighted by Crippen LogP contribution is 2.31. The van der Waals surface area contributed by atoms with Crippen LogP contribution in [0.15, 0.2) is 30.9 Å². The maximum absolute atomic E-state index is 13.4. The Hall–Kier alpha value is -3.76. The number of nitrogen functional groups attached to an aromatic ring is 1. The second-order valence-corrected chi connectivity index (χ2v) is 8.09. The topological polar surface area (TPSA) is 122 Å². The molecule has 0 aliphatic carbocycles. The van der Waals surface area contributed by atoms with Gasteiger partial charge in [-0.2, -0.15) is 0 Å². The Bertz CT molecular complexity index is 1180. The Morgan fingerprint density at radius 3 is 2.66 bits per heavy atom. The van der Waals surface area contributed by atoms with Crippen LogP contribution in [-0.4, -0.2) is 62.5 Å². The summed E-state index contributed by atoms with van der Waals surface area (Å²) in [4.78, 5) is 37.7. The number of amides is 2. The van der Waals surface area contributed by atoms with E-state index in [1.54, 1.807) is 12.4 Å². The number of nitrogens with one attached hydrogen (secondary N) is 1. The summed E-state index contributed by atoms with van der Waals surface area (Å²) in [5.74, 6) is -0.828. The van der Waals surface area contributed by atoms with Crippen molar-refractivity contribution in [1.82, 2.24) is 24.5 Å². The lowest BCUT2D eigenvalue weighted by Crippen LogP contribution is -2.48. The SMILES string of the molecule is Nc1nn2cc(F)cnc2c1C(=O)Nc1cnccc1N1CCC(C(=O)N2CCC2)CC1. The lowest BCUT2D eigenvalue weighted by molar-refractivity contribution is -0.139. The summed E-state index contributed by atoms with van der Waals surface area (Å²) >= 11 is 0. The van der Waals surface area contributed by atoms with Gasteiger partial charge >= 0.3 is 0 Å². The van der Waals surface area contributed by atoms with Gasteiger partial charge in [-0.3, -0.25) is 14.6 Å². The standard InChI is InChI=1S/C21H23FN8O2/c22-14-10-25-19-17(18(23)27-30(19)12-14)20(31)26-15-11-24-5-2-16(15)28-8-3-13(4-9-28)21(32)29-6-1-7-29/h2,5,10-13H,1,3-4,6-9H2,(H2,23,27)(H,26,31). The smallest absolute Gasteiger partial charge is 0.263 e. The quantitative estimate of drug-likeness (QED) is 0.634. The molecule has 0 bridgehead atoms. The van der Waals surface area contributed by atoms with Gasteiger partial charge in [0.25, 0.3) is 5.91 Å². The molecule has 3 aromatic heterocycles. The van der Waals surface area contributed by atoms with Crippen LogP contribution >= 0.6 is 0 Å². The number of carbonyl (C=O) groups is 2. The number of hydrogen-bond acceptors (Lipinski definition) is 7. The fraction of sp³-hybridized carbons (Fsp3) is 0.381. The molecule has 2 saturated heterocycles. The van der Waals surface area contributed by atoms with E-state index < -0.39 is 11.7 Å². The van der Waals surface area contributed by atoms with Crippen molar-refractivity contribution in [2.75, 3.05) is 42.1 Å². The third-order valence-electron chi connectivity index (χ3n) is 6.09. The summed E-state index contributed by atoms with van der Waals surface area (Å²) in [6, 6.07) is 1.83. The molecule has 5 rings (SSSR count). The molecule has 3 N–H and O–H groups in total. The van der Waals surface area contributed by atoms with Crippen molar-refractivity contribution >= 4 is 34.7 Å². The Balaban J connectivity index is 1.33. The van der Waals surface area contributed by atoms with E-state index in [-0.39, 0.29) is 28.9 Å². The van der Waals surface area contributed by atoms with Gasteiger partial charge in [0.1, 0.15) is 5.56 Å². The van der Waals surface area contributed by atoms with Crippen molar-refractivity contribution in [2.24, 2.45) is 5.92 Å². The molecule has 2 fully saturated rings. The molecule has 166 valence electrons. The summed E-state index contributed by atoms with van der Waals surface area (Å²) in [5.41, 5.74) is 7.47. The Kier molecular flexibility index (Phi) is 5.08. The number of piperidine rings is 1. The van der Waals surface area contributed by atoms with Gasteiger partial charge in [-0.15, -0.1) is 5.10 Å². The highest BCUT2D eigenvalue weighted by Gasteiger charge is 2.31. The van der Waals surface area contributed by atoms with Crippen molar-refractivity contribution in [3.05, 3.63) is 42.2 Å². The molecule has 0 unspecified atom stereocenters. The van der Waals surface area contributed by atoms with Crippen LogP contribution in [0.3, 0.4) is 0 Å². The van der Waals surface area contributed by atoms with Crippen LogP contribution in [0.5, 0.6) is 0 Å². The second kappa shape index (κ2) is 8.06. The van der Waals surface area contributed by atoms with Crippen LogP contribution in [0.4, 0.5) is 21.6 Å². The van der Waals surface area contributed by atoms with E-state index in [0.29, 0.717) is 18.8 Å². The first-order valence-corrected chi connectivity index (χ1v) is 10.6. The van der Waals surface area contributed by atoms with Gasteiger partial charge < -0.3 is 20.9 Å². The number of rotatable bonds is 4. The highest BCUT2D eigenvalue weighted by molar-refractivity contribution is 6.12. The molecule has 0 spiro atoms. The number of anilines is 3. The summed E-state index contributed by atoms with van der Waals surface area (Å²) in [6.45, 7) is 3.15. The van der Waals surface area contributed by atoms with E-state index in [1.165, 1.54) is 0 Å². The third kappa shape index (κ3) is 3.59. The molecule has 10 nitrogen and oxygen atoms in total. The van der Waals surface area contributed by atoms with Crippen LogP contribution in [0.25, 0.3) is 5.65 Å². The van der Waals surface area contributed by atoms with E-state index in [0.717, 1.165) is 54.9 Å². The number of aromatic nitrogens is 4. The predicted molar refractivity (Wildman–Crippen MR) is 116 cm³/mol. The summed E-state index contributed by atoms with van der Waals surface area (Å²) in [6.07, 6.45) is 7.97. The first-order valence-electron chi connectivity index (χ1n) is 10.6. The summed E-state index contributed by atoms with van der Waals surface area (Å²) in [5, 5.41) is 6.81. The minimum Gasteiger partial charge on any atom is -0.381 e. The van der Waals surface area contributed by atoms with Crippen molar-refractivity contribution in [3.8, 4) is 0 Å². The summed E-state index contributed by atoms with van der Waals surface area (Å²) in [7, 11) is 0. The van der Waals surface area contributed by atoms with Crippen LogP contribution in [0.1, 0.15) is 29.6 Å². The maximum Gasteiger partial charge on any atom is 0.263 e. The predicted octanol–water partition coefficient (Wildman–Crippen LogP) is 1.55. The Labute approximate surface area is 183 Å². The number of fused-ring (bicyclic) bond motifs is 1. The molecule has 0 aromatic carbocycles. The van der Waals surface area contributed by atoms with Crippen molar-refractivity contribution in [2.45, 2.75) is 19.3 Å². The molecule has 2 amide bonds. The molecule has 0 saturated carbocycles. The number of carbonyl (C=O) groups excluding carboxylic acids is 2. The number of likely N-dealkylation sites (tertiary alicyclic amines) is 1. The molecule has 3 aromatic rings. The first-order chi connectivity index (χ1) is 15.5. The zero-order valence-electron chi connectivity index (χ0n) is 17.4. The highest BCUT2D eigenvalue weighted by atomic mass is 19.1. The zero-order chi connectivity index (χ0) is 22.2.